The maximum Gasteiger partial charge on any atom is 0.344 e. The van der Waals surface area contributed by atoms with Crippen molar-refractivity contribution in [2.45, 2.75) is 69.7 Å². The number of benzene rings is 1. The largest absolute Gasteiger partial charge is 0.344 e. The molecule has 1 aliphatic heterocycles. The SMILES string of the molecule is O=C(NN1C(=O)NC2(CCCCC2)C1=O)c1nn(-c2ccc(Cl)cc2)c2c1CCCCC2. The molecule has 2 heterocycles. The van der Waals surface area contributed by atoms with Crippen LogP contribution in [0.1, 0.15) is 73.1 Å². The Morgan fingerprint density at radius 2 is 1.69 bits per heavy atom. The molecule has 168 valence electrons. The second-order valence-electron chi connectivity index (χ2n) is 8.88. The van der Waals surface area contributed by atoms with Crippen molar-refractivity contribution in [3.63, 3.8) is 0 Å². The number of hydrogen-bond acceptors (Lipinski definition) is 4. The van der Waals surface area contributed by atoms with E-state index in [9.17, 15) is 14.4 Å². The third kappa shape index (κ3) is 3.56. The highest BCUT2D eigenvalue weighted by Crippen LogP contribution is 2.33. The van der Waals surface area contributed by atoms with Crippen LogP contribution in [-0.4, -0.2) is 38.2 Å². The van der Waals surface area contributed by atoms with Crippen LogP contribution in [0.3, 0.4) is 0 Å². The summed E-state index contributed by atoms with van der Waals surface area (Å²) in [7, 11) is 0. The highest BCUT2D eigenvalue weighted by atomic mass is 35.5. The van der Waals surface area contributed by atoms with Crippen LogP contribution in [0.25, 0.3) is 5.69 Å². The number of rotatable bonds is 3. The number of hydrogen-bond donors (Lipinski definition) is 2. The van der Waals surface area contributed by atoms with Gasteiger partial charge in [-0.1, -0.05) is 37.3 Å². The Labute approximate surface area is 191 Å². The fraction of sp³-hybridized carbons (Fsp3) is 0.478. The molecule has 0 atom stereocenters. The summed E-state index contributed by atoms with van der Waals surface area (Å²) in [4.78, 5) is 38.9. The van der Waals surface area contributed by atoms with E-state index in [4.69, 9.17) is 11.6 Å². The number of nitrogens with one attached hydrogen (secondary N) is 2. The Morgan fingerprint density at radius 1 is 1.00 bits per heavy atom. The normalized spacial score (nSPS) is 20.1. The number of fused-ring (bicyclic) bond motifs is 1. The van der Waals surface area contributed by atoms with Crippen LogP contribution in [0.4, 0.5) is 4.79 Å². The molecule has 2 fully saturated rings. The molecule has 5 rings (SSSR count). The second kappa shape index (κ2) is 8.24. The van der Waals surface area contributed by atoms with Crippen molar-refractivity contribution in [3.8, 4) is 5.69 Å². The number of imide groups is 1. The third-order valence-electron chi connectivity index (χ3n) is 6.80. The van der Waals surface area contributed by atoms with E-state index in [2.05, 4.69) is 15.8 Å². The summed E-state index contributed by atoms with van der Waals surface area (Å²) in [6.07, 6.45) is 8.61. The molecule has 1 aromatic heterocycles. The van der Waals surface area contributed by atoms with Crippen molar-refractivity contribution in [2.24, 2.45) is 0 Å². The number of hydrazine groups is 1. The van der Waals surface area contributed by atoms with Crippen LogP contribution in [-0.2, 0) is 17.6 Å². The minimum absolute atomic E-state index is 0.266. The predicted octanol–water partition coefficient (Wildman–Crippen LogP) is 3.69. The fourth-order valence-electron chi connectivity index (χ4n) is 5.12. The highest BCUT2D eigenvalue weighted by Gasteiger charge is 2.52. The summed E-state index contributed by atoms with van der Waals surface area (Å²) in [6.45, 7) is 0. The van der Waals surface area contributed by atoms with Gasteiger partial charge in [0.1, 0.15) is 5.54 Å². The van der Waals surface area contributed by atoms with Crippen LogP contribution in [0.2, 0.25) is 5.02 Å². The average molecular weight is 456 g/mol. The Hall–Kier alpha value is -2.87. The Balaban J connectivity index is 1.45. The molecule has 0 radical (unpaired) electrons. The number of carbonyl (C=O) groups is 3. The zero-order valence-corrected chi connectivity index (χ0v) is 18.6. The van der Waals surface area contributed by atoms with Crippen molar-refractivity contribution >= 4 is 29.4 Å². The molecule has 1 spiro atoms. The lowest BCUT2D eigenvalue weighted by Crippen LogP contribution is -2.51. The van der Waals surface area contributed by atoms with E-state index < -0.39 is 17.5 Å². The number of aromatic nitrogens is 2. The summed E-state index contributed by atoms with van der Waals surface area (Å²) in [5, 5.41) is 8.91. The summed E-state index contributed by atoms with van der Waals surface area (Å²) in [5.74, 6) is -0.911. The zero-order chi connectivity index (χ0) is 22.3. The van der Waals surface area contributed by atoms with Crippen molar-refractivity contribution < 1.29 is 14.4 Å². The molecule has 0 bridgehead atoms. The van der Waals surface area contributed by atoms with Crippen LogP contribution < -0.4 is 10.7 Å². The molecule has 9 heteroatoms. The standard InChI is InChI=1S/C23H26ClN5O3/c24-15-9-11-16(12-10-15)28-18-8-4-1-3-7-17(18)19(26-28)20(30)27-29-21(31)23(25-22(29)32)13-5-2-6-14-23/h9-12H,1-8,13-14H2,(H,25,32)(H,27,30). The lowest BCUT2D eigenvalue weighted by Gasteiger charge is -2.30. The summed E-state index contributed by atoms with van der Waals surface area (Å²) in [5.41, 5.74) is 4.63. The third-order valence-corrected chi connectivity index (χ3v) is 7.05. The zero-order valence-electron chi connectivity index (χ0n) is 17.8. The number of carbonyl (C=O) groups excluding carboxylic acids is 3. The van der Waals surface area contributed by atoms with E-state index in [1.54, 1.807) is 16.8 Å². The molecule has 1 saturated heterocycles. The Kier molecular flexibility index (Phi) is 5.41. The molecule has 3 aliphatic rings. The van der Waals surface area contributed by atoms with Crippen molar-refractivity contribution in [3.05, 3.63) is 46.2 Å². The topological polar surface area (TPSA) is 96.3 Å². The van der Waals surface area contributed by atoms with Gasteiger partial charge in [0, 0.05) is 16.3 Å². The minimum Gasteiger partial charge on any atom is -0.322 e. The lowest BCUT2D eigenvalue weighted by atomic mass is 9.82. The summed E-state index contributed by atoms with van der Waals surface area (Å²) in [6, 6.07) is 6.74. The van der Waals surface area contributed by atoms with E-state index in [0.717, 1.165) is 73.3 Å². The van der Waals surface area contributed by atoms with Gasteiger partial charge < -0.3 is 5.32 Å². The lowest BCUT2D eigenvalue weighted by molar-refractivity contribution is -0.134. The maximum absolute atomic E-state index is 13.3. The summed E-state index contributed by atoms with van der Waals surface area (Å²) < 4.78 is 1.79. The predicted molar refractivity (Wildman–Crippen MR) is 118 cm³/mol. The smallest absolute Gasteiger partial charge is 0.322 e. The Bertz CT molecular complexity index is 1070. The van der Waals surface area contributed by atoms with Crippen LogP contribution in [0.15, 0.2) is 24.3 Å². The van der Waals surface area contributed by atoms with E-state index in [0.29, 0.717) is 17.9 Å². The number of amides is 4. The highest BCUT2D eigenvalue weighted by molar-refractivity contribution is 6.30. The van der Waals surface area contributed by atoms with Gasteiger partial charge in [0.2, 0.25) is 0 Å². The van der Waals surface area contributed by atoms with Gasteiger partial charge in [-0.3, -0.25) is 15.0 Å². The van der Waals surface area contributed by atoms with Gasteiger partial charge in [-0.15, -0.1) is 0 Å². The first kappa shape index (κ1) is 21.0. The number of urea groups is 1. The molecule has 1 aromatic carbocycles. The average Bonchev–Trinajstić information content (AvgIpc) is 3.12. The first-order valence-electron chi connectivity index (χ1n) is 11.3. The molecular weight excluding hydrogens is 430 g/mol. The molecule has 0 unspecified atom stereocenters. The van der Waals surface area contributed by atoms with Gasteiger partial charge in [0.15, 0.2) is 5.69 Å². The molecule has 8 nitrogen and oxygen atoms in total. The second-order valence-corrected chi connectivity index (χ2v) is 9.31. The van der Waals surface area contributed by atoms with Crippen LogP contribution >= 0.6 is 11.6 Å². The van der Waals surface area contributed by atoms with Crippen LogP contribution in [0, 0.1) is 0 Å². The summed E-state index contributed by atoms with van der Waals surface area (Å²) >= 11 is 6.04. The molecular formula is C23H26ClN5O3. The van der Waals surface area contributed by atoms with E-state index in [1.807, 2.05) is 12.1 Å². The Morgan fingerprint density at radius 3 is 2.44 bits per heavy atom. The van der Waals surface area contributed by atoms with Crippen molar-refractivity contribution in [2.75, 3.05) is 0 Å². The minimum atomic E-state index is -0.887. The quantitative estimate of drug-likeness (QED) is 0.544. The van der Waals surface area contributed by atoms with E-state index in [1.165, 1.54) is 0 Å². The van der Waals surface area contributed by atoms with E-state index in [-0.39, 0.29) is 11.6 Å². The molecule has 2 N–H and O–H groups in total. The fourth-order valence-corrected chi connectivity index (χ4v) is 5.25. The van der Waals surface area contributed by atoms with Gasteiger partial charge >= 0.3 is 6.03 Å². The molecule has 2 aliphatic carbocycles. The molecule has 32 heavy (non-hydrogen) atoms. The van der Waals surface area contributed by atoms with Gasteiger partial charge in [0.05, 0.1) is 5.69 Å². The van der Waals surface area contributed by atoms with Crippen molar-refractivity contribution in [1.82, 2.24) is 25.5 Å². The molecule has 4 amide bonds. The number of nitrogens with zero attached hydrogens (tertiary/aromatic N) is 3. The van der Waals surface area contributed by atoms with Gasteiger partial charge in [-0.05, 0) is 62.8 Å². The first-order valence-corrected chi connectivity index (χ1v) is 11.7. The first-order chi connectivity index (χ1) is 15.5. The van der Waals surface area contributed by atoms with Gasteiger partial charge in [-0.25, -0.2) is 9.48 Å². The van der Waals surface area contributed by atoms with Crippen LogP contribution in [0.5, 0.6) is 0 Å². The van der Waals surface area contributed by atoms with Crippen molar-refractivity contribution in [1.29, 1.82) is 0 Å². The molecule has 2 aromatic rings. The molecule has 1 saturated carbocycles. The van der Waals surface area contributed by atoms with Gasteiger partial charge in [0.25, 0.3) is 11.8 Å². The monoisotopic (exact) mass is 455 g/mol. The maximum atomic E-state index is 13.3. The number of halogens is 1. The van der Waals surface area contributed by atoms with Gasteiger partial charge in [-0.2, -0.15) is 10.1 Å². The van der Waals surface area contributed by atoms with E-state index >= 15 is 0 Å².